The Balaban J connectivity index is 0.00000210. The fourth-order valence-electron chi connectivity index (χ4n) is 4.37. The number of carbonyl (C=O) groups is 1. The normalized spacial score (nSPS) is 24.7. The number of aromatic nitrogens is 2. The molecule has 7 heteroatoms. The lowest BCUT2D eigenvalue weighted by Gasteiger charge is -2.24. The highest BCUT2D eigenvalue weighted by Crippen LogP contribution is 2.36. The van der Waals surface area contributed by atoms with E-state index in [0.29, 0.717) is 5.92 Å². The van der Waals surface area contributed by atoms with Crippen molar-refractivity contribution >= 4 is 18.3 Å². The van der Waals surface area contributed by atoms with E-state index < -0.39 is 0 Å². The van der Waals surface area contributed by atoms with E-state index in [9.17, 15) is 4.79 Å². The average Bonchev–Trinajstić information content (AvgIpc) is 3.41. The van der Waals surface area contributed by atoms with E-state index >= 15 is 0 Å². The van der Waals surface area contributed by atoms with E-state index in [-0.39, 0.29) is 30.2 Å². The summed E-state index contributed by atoms with van der Waals surface area (Å²) in [7, 11) is 3.63. The van der Waals surface area contributed by atoms with Gasteiger partial charge in [-0.15, -0.1) is 12.4 Å². The molecule has 6 nitrogen and oxygen atoms in total. The maximum absolute atomic E-state index is 13.2. The molecular formula is C20H27ClN4O2. The molecule has 0 radical (unpaired) electrons. The zero-order valence-corrected chi connectivity index (χ0v) is 16.6. The first kappa shape index (κ1) is 19.7. The highest BCUT2D eigenvalue weighted by atomic mass is 35.5. The molecule has 0 aliphatic carbocycles. The third kappa shape index (κ3) is 3.82. The third-order valence-corrected chi connectivity index (χ3v) is 5.76. The highest BCUT2D eigenvalue weighted by Gasteiger charge is 2.39. The topological polar surface area (TPSA) is 59.4 Å². The Morgan fingerprint density at radius 1 is 1.30 bits per heavy atom. The minimum Gasteiger partial charge on any atom is -0.496 e. The van der Waals surface area contributed by atoms with Crippen molar-refractivity contribution < 1.29 is 9.53 Å². The molecule has 0 spiro atoms. The van der Waals surface area contributed by atoms with Gasteiger partial charge in [0.15, 0.2) is 0 Å². The van der Waals surface area contributed by atoms with Gasteiger partial charge in [0.25, 0.3) is 0 Å². The van der Waals surface area contributed by atoms with Crippen LogP contribution in [0.1, 0.15) is 29.4 Å². The van der Waals surface area contributed by atoms with Crippen LogP contribution >= 0.6 is 12.4 Å². The quantitative estimate of drug-likeness (QED) is 0.869. The van der Waals surface area contributed by atoms with Gasteiger partial charge in [-0.3, -0.25) is 9.48 Å². The van der Waals surface area contributed by atoms with E-state index in [2.05, 4.69) is 16.5 Å². The first-order chi connectivity index (χ1) is 12.7. The van der Waals surface area contributed by atoms with Gasteiger partial charge in [0.1, 0.15) is 5.75 Å². The van der Waals surface area contributed by atoms with Gasteiger partial charge in [-0.2, -0.15) is 5.10 Å². The summed E-state index contributed by atoms with van der Waals surface area (Å²) in [6, 6.07) is 8.15. The summed E-state index contributed by atoms with van der Waals surface area (Å²) in [5.41, 5.74) is 2.36. The number of halogens is 1. The highest BCUT2D eigenvalue weighted by molar-refractivity contribution is 5.85. The van der Waals surface area contributed by atoms with Gasteiger partial charge in [0.05, 0.1) is 19.2 Å². The summed E-state index contributed by atoms with van der Waals surface area (Å²) >= 11 is 0. The largest absolute Gasteiger partial charge is 0.496 e. The van der Waals surface area contributed by atoms with Crippen molar-refractivity contribution in [2.75, 3.05) is 33.3 Å². The summed E-state index contributed by atoms with van der Waals surface area (Å²) in [6.45, 7) is 3.17. The SMILES string of the molecule is COc1ccccc1C1CCN(C(=O)[C@H]2CNC[C@@H]2c2cnn(C)c2)C1.Cl. The number of amides is 1. The molecule has 1 N–H and O–H groups in total. The van der Waals surface area contributed by atoms with Gasteiger partial charge in [-0.25, -0.2) is 0 Å². The lowest BCUT2D eigenvalue weighted by Crippen LogP contribution is -2.37. The van der Waals surface area contributed by atoms with Crippen molar-refractivity contribution in [2.24, 2.45) is 13.0 Å². The molecule has 0 saturated carbocycles. The number of para-hydroxylation sites is 1. The second-order valence-corrected chi connectivity index (χ2v) is 7.33. The molecule has 3 heterocycles. The molecule has 2 aliphatic rings. The van der Waals surface area contributed by atoms with Crippen LogP contribution in [0, 0.1) is 5.92 Å². The minimum atomic E-state index is -0.00406. The lowest BCUT2D eigenvalue weighted by atomic mass is 9.90. The molecule has 0 bridgehead atoms. The number of rotatable bonds is 4. The van der Waals surface area contributed by atoms with Crippen LogP contribution in [0.15, 0.2) is 36.7 Å². The Bertz CT molecular complexity index is 794. The molecule has 1 aromatic heterocycles. The number of hydrogen-bond donors (Lipinski definition) is 1. The number of aryl methyl sites for hydroxylation is 1. The van der Waals surface area contributed by atoms with E-state index in [1.807, 2.05) is 47.2 Å². The van der Waals surface area contributed by atoms with E-state index in [1.54, 1.807) is 7.11 Å². The second kappa shape index (κ2) is 8.31. The van der Waals surface area contributed by atoms with Crippen LogP contribution in [-0.2, 0) is 11.8 Å². The number of benzene rings is 1. The molecule has 1 aromatic carbocycles. The molecule has 1 amide bonds. The van der Waals surface area contributed by atoms with E-state index in [4.69, 9.17) is 4.74 Å². The fraction of sp³-hybridized carbons (Fsp3) is 0.500. The lowest BCUT2D eigenvalue weighted by molar-refractivity contribution is -0.134. The summed E-state index contributed by atoms with van der Waals surface area (Å²) in [5, 5.41) is 7.66. The number of methoxy groups -OCH3 is 1. The minimum absolute atomic E-state index is 0. The van der Waals surface area contributed by atoms with Gasteiger partial charge in [0.2, 0.25) is 5.91 Å². The molecule has 2 saturated heterocycles. The molecule has 146 valence electrons. The van der Waals surface area contributed by atoms with Gasteiger partial charge in [-0.1, -0.05) is 18.2 Å². The maximum Gasteiger partial charge on any atom is 0.227 e. The summed E-state index contributed by atoms with van der Waals surface area (Å²) in [6.07, 6.45) is 4.91. The van der Waals surface area contributed by atoms with E-state index in [0.717, 1.165) is 43.9 Å². The van der Waals surface area contributed by atoms with Crippen LogP contribution in [0.3, 0.4) is 0 Å². The number of nitrogens with zero attached hydrogens (tertiary/aromatic N) is 3. The predicted octanol–water partition coefficient (Wildman–Crippen LogP) is 2.17. The number of hydrogen-bond acceptors (Lipinski definition) is 4. The molecule has 2 fully saturated rings. The molecule has 2 aliphatic heterocycles. The first-order valence-corrected chi connectivity index (χ1v) is 9.28. The van der Waals surface area contributed by atoms with Gasteiger partial charge >= 0.3 is 0 Å². The zero-order valence-electron chi connectivity index (χ0n) is 15.8. The third-order valence-electron chi connectivity index (χ3n) is 5.76. The van der Waals surface area contributed by atoms with Crippen LogP contribution in [0.5, 0.6) is 5.75 Å². The number of nitrogens with one attached hydrogen (secondary N) is 1. The fourth-order valence-corrected chi connectivity index (χ4v) is 4.37. The van der Waals surface area contributed by atoms with Crippen LogP contribution in [0.2, 0.25) is 0 Å². The molecule has 27 heavy (non-hydrogen) atoms. The van der Waals surface area contributed by atoms with Gasteiger partial charge < -0.3 is 15.0 Å². The Morgan fingerprint density at radius 2 is 2.11 bits per heavy atom. The molecule has 3 atom stereocenters. The van der Waals surface area contributed by atoms with Crippen molar-refractivity contribution in [3.8, 4) is 5.75 Å². The smallest absolute Gasteiger partial charge is 0.227 e. The predicted molar refractivity (Wildman–Crippen MR) is 106 cm³/mol. The van der Waals surface area contributed by atoms with Gasteiger partial charge in [0, 0.05) is 51.3 Å². The molecule has 1 unspecified atom stereocenters. The molecule has 4 rings (SSSR count). The Hall–Kier alpha value is -2.05. The van der Waals surface area contributed by atoms with Crippen molar-refractivity contribution in [2.45, 2.75) is 18.3 Å². The van der Waals surface area contributed by atoms with Crippen molar-refractivity contribution in [3.63, 3.8) is 0 Å². The Morgan fingerprint density at radius 3 is 2.85 bits per heavy atom. The summed E-state index contributed by atoms with van der Waals surface area (Å²) in [4.78, 5) is 15.2. The van der Waals surface area contributed by atoms with E-state index in [1.165, 1.54) is 5.56 Å². The Labute approximate surface area is 166 Å². The first-order valence-electron chi connectivity index (χ1n) is 9.28. The van der Waals surface area contributed by atoms with Crippen LogP contribution in [-0.4, -0.2) is 53.9 Å². The second-order valence-electron chi connectivity index (χ2n) is 7.33. The van der Waals surface area contributed by atoms with Crippen LogP contribution in [0.4, 0.5) is 0 Å². The van der Waals surface area contributed by atoms with Crippen molar-refractivity contribution in [1.82, 2.24) is 20.0 Å². The zero-order chi connectivity index (χ0) is 18.1. The van der Waals surface area contributed by atoms with Crippen molar-refractivity contribution in [1.29, 1.82) is 0 Å². The molecular weight excluding hydrogens is 364 g/mol. The van der Waals surface area contributed by atoms with Gasteiger partial charge in [-0.05, 0) is 23.6 Å². The number of likely N-dealkylation sites (tertiary alicyclic amines) is 1. The van der Waals surface area contributed by atoms with Crippen LogP contribution < -0.4 is 10.1 Å². The Kier molecular flexibility index (Phi) is 6.07. The molecule has 2 aromatic rings. The monoisotopic (exact) mass is 390 g/mol. The van der Waals surface area contributed by atoms with Crippen LogP contribution in [0.25, 0.3) is 0 Å². The number of ether oxygens (including phenoxy) is 1. The number of carbonyl (C=O) groups excluding carboxylic acids is 1. The standard InChI is InChI=1S/C20H26N4O2.ClH/c1-23-12-15(9-22-23)17-10-21-11-18(17)20(25)24-8-7-14(13-24)16-5-3-4-6-19(16)26-2;/h3-6,9,12,14,17-18,21H,7-8,10-11,13H2,1-2H3;1H/t14?,17-,18+;/m1./s1. The summed E-state index contributed by atoms with van der Waals surface area (Å²) in [5.74, 6) is 1.74. The maximum atomic E-state index is 13.2. The summed E-state index contributed by atoms with van der Waals surface area (Å²) < 4.78 is 7.32. The average molecular weight is 391 g/mol. The van der Waals surface area contributed by atoms with Crippen molar-refractivity contribution in [3.05, 3.63) is 47.8 Å².